The molecule has 1 spiro atoms. The van der Waals surface area contributed by atoms with E-state index in [9.17, 15) is 4.79 Å². The molecule has 0 aromatic heterocycles. The van der Waals surface area contributed by atoms with Crippen molar-refractivity contribution in [3.8, 4) is 0 Å². The number of rotatable bonds is 2. The molecule has 136 valence electrons. The summed E-state index contributed by atoms with van der Waals surface area (Å²) in [7, 11) is 0. The van der Waals surface area contributed by atoms with Gasteiger partial charge in [0, 0.05) is 36.2 Å². The van der Waals surface area contributed by atoms with Crippen molar-refractivity contribution >= 4 is 24.0 Å². The molecular weight excluding hydrogens is 332 g/mol. The van der Waals surface area contributed by atoms with Crippen molar-refractivity contribution < 1.29 is 4.79 Å². The first-order chi connectivity index (χ1) is 11.7. The van der Waals surface area contributed by atoms with Gasteiger partial charge in [-0.05, 0) is 56.1 Å². The molecule has 2 saturated heterocycles. The first-order valence-corrected chi connectivity index (χ1v) is 9.89. The standard InChI is InChI=1S/C21H28N2O.ClH/c24-20(13-15-11-16-7-8-17(12-15)22-16)23-14-21(9-3-4-10-21)18-5-1-2-6-19(18)23;/h1-2,5-6,15-17,22H,3-4,7-14H2;1H. The molecule has 5 rings (SSSR count). The van der Waals surface area contributed by atoms with Gasteiger partial charge in [0.15, 0.2) is 0 Å². The molecule has 2 atom stereocenters. The minimum Gasteiger partial charge on any atom is -0.311 e. The molecule has 2 bridgehead atoms. The van der Waals surface area contributed by atoms with Crippen LogP contribution >= 0.6 is 12.4 Å². The van der Waals surface area contributed by atoms with Gasteiger partial charge < -0.3 is 10.2 Å². The molecule has 1 amide bonds. The maximum atomic E-state index is 13.2. The van der Waals surface area contributed by atoms with Crippen molar-refractivity contribution in [2.45, 2.75) is 75.3 Å². The molecule has 1 aromatic rings. The van der Waals surface area contributed by atoms with Crippen LogP contribution < -0.4 is 10.2 Å². The van der Waals surface area contributed by atoms with E-state index < -0.39 is 0 Å². The van der Waals surface area contributed by atoms with Gasteiger partial charge in [-0.2, -0.15) is 0 Å². The number of carbonyl (C=O) groups is 1. The lowest BCUT2D eigenvalue weighted by atomic mass is 9.81. The molecule has 3 nitrogen and oxygen atoms in total. The zero-order chi connectivity index (χ0) is 16.1. The second-order valence-corrected chi connectivity index (χ2v) is 8.66. The number of halogens is 1. The van der Waals surface area contributed by atoms with Crippen LogP contribution in [-0.4, -0.2) is 24.5 Å². The van der Waals surface area contributed by atoms with E-state index in [2.05, 4.69) is 34.5 Å². The van der Waals surface area contributed by atoms with E-state index in [1.165, 1.54) is 62.6 Å². The fourth-order valence-corrected chi connectivity index (χ4v) is 6.03. The maximum absolute atomic E-state index is 13.2. The lowest BCUT2D eigenvalue weighted by Crippen LogP contribution is -2.41. The summed E-state index contributed by atoms with van der Waals surface area (Å²) >= 11 is 0. The lowest BCUT2D eigenvalue weighted by Gasteiger charge is -2.30. The molecule has 3 heterocycles. The predicted molar refractivity (Wildman–Crippen MR) is 103 cm³/mol. The number of nitrogens with zero attached hydrogens (tertiary/aromatic N) is 1. The fraction of sp³-hybridized carbons (Fsp3) is 0.667. The largest absolute Gasteiger partial charge is 0.311 e. The minimum atomic E-state index is 0. The van der Waals surface area contributed by atoms with E-state index in [0.717, 1.165) is 13.0 Å². The third-order valence-corrected chi connectivity index (χ3v) is 7.12. The van der Waals surface area contributed by atoms with E-state index in [1.807, 2.05) is 0 Å². The van der Waals surface area contributed by atoms with Gasteiger partial charge in [-0.1, -0.05) is 31.0 Å². The minimum absolute atomic E-state index is 0. The third-order valence-electron chi connectivity index (χ3n) is 7.12. The van der Waals surface area contributed by atoms with Gasteiger partial charge in [0.1, 0.15) is 0 Å². The SMILES string of the molecule is Cl.O=C(CC1CC2CCC(C1)N2)N1CC2(CCCC2)c2ccccc21. The molecule has 1 saturated carbocycles. The average molecular weight is 361 g/mol. The van der Waals surface area contributed by atoms with Crippen LogP contribution in [0.3, 0.4) is 0 Å². The van der Waals surface area contributed by atoms with Crippen LogP contribution in [0.4, 0.5) is 5.69 Å². The number of carbonyl (C=O) groups excluding carboxylic acids is 1. The van der Waals surface area contributed by atoms with Crippen LogP contribution in [0.25, 0.3) is 0 Å². The Morgan fingerprint density at radius 1 is 1.12 bits per heavy atom. The van der Waals surface area contributed by atoms with E-state index in [1.54, 1.807) is 0 Å². The molecule has 4 heteroatoms. The second kappa shape index (κ2) is 6.59. The molecule has 1 aliphatic carbocycles. The summed E-state index contributed by atoms with van der Waals surface area (Å²) in [6, 6.07) is 10.0. The highest BCUT2D eigenvalue weighted by Crippen LogP contribution is 2.50. The number of amides is 1. The molecule has 3 fully saturated rings. The van der Waals surface area contributed by atoms with Gasteiger partial charge in [-0.25, -0.2) is 0 Å². The zero-order valence-electron chi connectivity index (χ0n) is 14.9. The fourth-order valence-electron chi connectivity index (χ4n) is 6.03. The normalized spacial score (nSPS) is 31.8. The van der Waals surface area contributed by atoms with E-state index in [0.29, 0.717) is 23.9 Å². The molecule has 2 unspecified atom stereocenters. The third kappa shape index (κ3) is 2.90. The van der Waals surface area contributed by atoms with Gasteiger partial charge in [-0.15, -0.1) is 12.4 Å². The summed E-state index contributed by atoms with van der Waals surface area (Å²) in [5, 5.41) is 3.69. The Kier molecular flexibility index (Phi) is 4.57. The summed E-state index contributed by atoms with van der Waals surface area (Å²) in [6.07, 6.45) is 10.9. The average Bonchev–Trinajstić information content (AvgIpc) is 3.28. The summed E-state index contributed by atoms with van der Waals surface area (Å²) in [6.45, 7) is 0.934. The summed E-state index contributed by atoms with van der Waals surface area (Å²) < 4.78 is 0. The van der Waals surface area contributed by atoms with Crippen molar-refractivity contribution in [3.63, 3.8) is 0 Å². The number of benzene rings is 1. The Labute approximate surface area is 157 Å². The molecular formula is C21H29ClN2O. The van der Waals surface area contributed by atoms with Crippen molar-refractivity contribution in [1.29, 1.82) is 0 Å². The summed E-state index contributed by atoms with van der Waals surface area (Å²) in [4.78, 5) is 15.3. The van der Waals surface area contributed by atoms with Crippen LogP contribution in [0.1, 0.15) is 63.4 Å². The molecule has 25 heavy (non-hydrogen) atoms. The number of piperidine rings is 1. The quantitative estimate of drug-likeness (QED) is 0.857. The number of hydrogen-bond acceptors (Lipinski definition) is 2. The second-order valence-electron chi connectivity index (χ2n) is 8.66. The maximum Gasteiger partial charge on any atom is 0.227 e. The van der Waals surface area contributed by atoms with Gasteiger partial charge in [0.25, 0.3) is 0 Å². The molecule has 1 N–H and O–H groups in total. The number of para-hydroxylation sites is 1. The van der Waals surface area contributed by atoms with Crippen LogP contribution in [0.5, 0.6) is 0 Å². The van der Waals surface area contributed by atoms with Crippen LogP contribution in [-0.2, 0) is 10.2 Å². The monoisotopic (exact) mass is 360 g/mol. The molecule has 3 aliphatic heterocycles. The Bertz CT molecular complexity index is 643. The Morgan fingerprint density at radius 2 is 1.80 bits per heavy atom. The topological polar surface area (TPSA) is 32.3 Å². The number of hydrogen-bond donors (Lipinski definition) is 1. The number of anilines is 1. The predicted octanol–water partition coefficient (Wildman–Crippen LogP) is 4.19. The van der Waals surface area contributed by atoms with E-state index in [-0.39, 0.29) is 17.8 Å². The highest BCUT2D eigenvalue weighted by Gasteiger charge is 2.46. The summed E-state index contributed by atoms with van der Waals surface area (Å²) in [5.41, 5.74) is 2.92. The van der Waals surface area contributed by atoms with Crippen molar-refractivity contribution in [3.05, 3.63) is 29.8 Å². The molecule has 4 aliphatic rings. The van der Waals surface area contributed by atoms with Crippen LogP contribution in [0.15, 0.2) is 24.3 Å². The van der Waals surface area contributed by atoms with E-state index in [4.69, 9.17) is 0 Å². The number of fused-ring (bicyclic) bond motifs is 4. The Balaban J connectivity index is 0.00000157. The van der Waals surface area contributed by atoms with Crippen molar-refractivity contribution in [2.75, 3.05) is 11.4 Å². The smallest absolute Gasteiger partial charge is 0.227 e. The number of nitrogens with one attached hydrogen (secondary N) is 1. The van der Waals surface area contributed by atoms with Gasteiger partial charge >= 0.3 is 0 Å². The van der Waals surface area contributed by atoms with Crippen LogP contribution in [0.2, 0.25) is 0 Å². The van der Waals surface area contributed by atoms with Gasteiger partial charge in [0.2, 0.25) is 5.91 Å². The lowest BCUT2D eigenvalue weighted by molar-refractivity contribution is -0.119. The highest BCUT2D eigenvalue weighted by molar-refractivity contribution is 5.96. The zero-order valence-corrected chi connectivity index (χ0v) is 15.7. The van der Waals surface area contributed by atoms with Crippen molar-refractivity contribution in [1.82, 2.24) is 5.32 Å². The molecule has 1 aromatic carbocycles. The first kappa shape index (κ1) is 17.4. The van der Waals surface area contributed by atoms with Crippen molar-refractivity contribution in [2.24, 2.45) is 5.92 Å². The molecule has 0 radical (unpaired) electrons. The van der Waals surface area contributed by atoms with Gasteiger partial charge in [0.05, 0.1) is 0 Å². The van der Waals surface area contributed by atoms with E-state index >= 15 is 0 Å². The first-order valence-electron chi connectivity index (χ1n) is 9.89. The Morgan fingerprint density at radius 3 is 2.52 bits per heavy atom. The van der Waals surface area contributed by atoms with Gasteiger partial charge in [-0.3, -0.25) is 4.79 Å². The highest BCUT2D eigenvalue weighted by atomic mass is 35.5. The summed E-state index contributed by atoms with van der Waals surface area (Å²) in [5.74, 6) is 0.959. The Hall–Kier alpha value is -1.06. The van der Waals surface area contributed by atoms with Crippen LogP contribution in [0, 0.1) is 5.92 Å².